The molecule has 3 aliphatic rings. The van der Waals surface area contributed by atoms with Gasteiger partial charge in [0.15, 0.2) is 17.5 Å². The maximum absolute atomic E-state index is 15.5. The molecule has 2 unspecified atom stereocenters. The Morgan fingerprint density at radius 2 is 1.57 bits per heavy atom. The number of amides is 3. The Bertz CT molecular complexity index is 2230. The number of hydrogen-bond acceptors (Lipinski definition) is 11. The summed E-state index contributed by atoms with van der Waals surface area (Å²) in [5, 5.41) is 2.87. The highest BCUT2D eigenvalue weighted by Gasteiger charge is 2.46. The van der Waals surface area contributed by atoms with Crippen LogP contribution in [0.25, 0.3) is 16.8 Å². The van der Waals surface area contributed by atoms with E-state index >= 15 is 8.78 Å². The van der Waals surface area contributed by atoms with Crippen molar-refractivity contribution in [2.24, 2.45) is 29.6 Å². The van der Waals surface area contributed by atoms with Crippen LogP contribution in [0, 0.1) is 23.5 Å². The molecular formula is C45H62ClF2N9O8+2. The summed E-state index contributed by atoms with van der Waals surface area (Å²) in [6, 6.07) is 7.39. The Balaban J connectivity index is 0.00000107. The number of nitrogens with two attached hydrogens (primary N) is 1. The largest absolute Gasteiger partial charge is 0.471 e. The average molecular weight is 930 g/mol. The van der Waals surface area contributed by atoms with Gasteiger partial charge in [-0.05, 0) is 31.2 Å². The lowest BCUT2D eigenvalue weighted by Crippen LogP contribution is -2.63. The van der Waals surface area contributed by atoms with Crippen LogP contribution in [0.5, 0.6) is 0 Å². The fraction of sp³-hybridized carbons (Fsp3) is 0.489. The zero-order valence-electron chi connectivity index (χ0n) is 38.4. The smallest absolute Gasteiger partial charge is 0.292 e. The van der Waals surface area contributed by atoms with Gasteiger partial charge in [-0.2, -0.15) is 0 Å². The molecule has 65 heavy (non-hydrogen) atoms. The minimum Gasteiger partial charge on any atom is -0.471 e. The van der Waals surface area contributed by atoms with Crippen LogP contribution in [0.4, 0.5) is 14.5 Å². The van der Waals surface area contributed by atoms with Crippen LogP contribution in [-0.2, 0) is 35.6 Å². The molecule has 0 radical (unpaired) electrons. The van der Waals surface area contributed by atoms with Crippen molar-refractivity contribution < 1.29 is 55.9 Å². The Labute approximate surface area is 383 Å². The van der Waals surface area contributed by atoms with E-state index in [1.54, 1.807) is 24.0 Å². The summed E-state index contributed by atoms with van der Waals surface area (Å²) in [5.41, 5.74) is 7.07. The third-order valence-electron chi connectivity index (χ3n) is 11.7. The minimum absolute atomic E-state index is 0.0134. The maximum Gasteiger partial charge on any atom is 0.292 e. The Kier molecular flexibility index (Phi) is 18.7. The van der Waals surface area contributed by atoms with Gasteiger partial charge in [0.05, 0.1) is 110 Å². The normalized spacial score (nSPS) is 19.5. The van der Waals surface area contributed by atoms with Gasteiger partial charge in [0.2, 0.25) is 5.91 Å². The molecule has 2 atom stereocenters. The Hall–Kier alpha value is -5.76. The predicted octanol–water partition coefficient (Wildman–Crippen LogP) is 3.71. The number of likely N-dealkylation sites (tertiary alicyclic amines) is 2. The van der Waals surface area contributed by atoms with Gasteiger partial charge in [0.25, 0.3) is 24.8 Å². The molecule has 3 fully saturated rings. The first-order valence-electron chi connectivity index (χ1n) is 21.1. The van der Waals surface area contributed by atoms with E-state index in [-0.39, 0.29) is 62.2 Å². The van der Waals surface area contributed by atoms with Crippen LogP contribution in [0.2, 0.25) is 5.02 Å². The number of aromatic nitrogens is 2. The van der Waals surface area contributed by atoms with E-state index in [1.807, 2.05) is 4.90 Å². The van der Waals surface area contributed by atoms with E-state index in [2.05, 4.69) is 45.9 Å². The van der Waals surface area contributed by atoms with Crippen LogP contribution in [-0.4, -0.2) is 180 Å². The SMILES string of the molecule is COC=O.COC=O.COCCN=C/C(=C(/C)N)c1ccc(-c2cnc(C(=O)Nc3ccc(C(=O)N4CCN(C(=O)C5CC[N+](C)(CC6C[N+](C)(C)C6)C5)CC4)c(Cl)c3)n2C)c(F)c1F. The van der Waals surface area contributed by atoms with E-state index in [0.717, 1.165) is 35.0 Å². The summed E-state index contributed by atoms with van der Waals surface area (Å²) in [6.45, 7) is 10.1. The molecule has 20 heteroatoms. The second-order valence-electron chi connectivity index (χ2n) is 17.2. The first-order chi connectivity index (χ1) is 30.8. The Morgan fingerprint density at radius 3 is 2.14 bits per heavy atom. The number of benzene rings is 2. The van der Waals surface area contributed by atoms with Crippen molar-refractivity contribution in [1.82, 2.24) is 19.4 Å². The molecular weight excluding hydrogens is 868 g/mol. The van der Waals surface area contributed by atoms with Gasteiger partial charge in [0, 0.05) is 81.1 Å². The number of anilines is 1. The summed E-state index contributed by atoms with van der Waals surface area (Å²) in [5.74, 6) is -2.28. The number of allylic oxidation sites excluding steroid dienone is 2. The molecule has 0 bridgehead atoms. The number of nitrogens with zero attached hydrogens (tertiary/aromatic N) is 7. The molecule has 17 nitrogen and oxygen atoms in total. The number of imidazole rings is 1. The minimum atomic E-state index is -1.13. The van der Waals surface area contributed by atoms with Crippen molar-refractivity contribution in [3.05, 3.63) is 75.8 Å². The number of quaternary nitrogens is 2. The van der Waals surface area contributed by atoms with Gasteiger partial charge >= 0.3 is 0 Å². The third kappa shape index (κ3) is 13.4. The van der Waals surface area contributed by atoms with Gasteiger partial charge in [-0.15, -0.1) is 0 Å². The van der Waals surface area contributed by atoms with E-state index in [9.17, 15) is 14.4 Å². The highest BCUT2D eigenvalue weighted by Crippen LogP contribution is 2.32. The number of aliphatic imine (C=N–C) groups is 1. The third-order valence-corrected chi connectivity index (χ3v) is 12.0. The second kappa shape index (κ2) is 23.4. The first-order valence-corrected chi connectivity index (χ1v) is 21.4. The lowest BCUT2D eigenvalue weighted by atomic mass is 9.96. The lowest BCUT2D eigenvalue weighted by molar-refractivity contribution is -0.963. The van der Waals surface area contributed by atoms with Crippen molar-refractivity contribution >= 4 is 59.7 Å². The Morgan fingerprint density at radius 1 is 0.954 bits per heavy atom. The molecule has 1 aromatic heterocycles. The summed E-state index contributed by atoms with van der Waals surface area (Å²) in [4.78, 5) is 70.2. The van der Waals surface area contributed by atoms with Crippen LogP contribution in [0.15, 0.2) is 47.2 Å². The van der Waals surface area contributed by atoms with Crippen LogP contribution in [0.3, 0.4) is 0 Å². The van der Waals surface area contributed by atoms with Crippen LogP contribution < -0.4 is 11.1 Å². The summed E-state index contributed by atoms with van der Waals surface area (Å²) in [6.07, 6.45) is 3.57. The summed E-state index contributed by atoms with van der Waals surface area (Å²) >= 11 is 6.59. The quantitative estimate of drug-likeness (QED) is 0.105. The summed E-state index contributed by atoms with van der Waals surface area (Å²) < 4.78 is 47.1. The molecule has 6 rings (SSSR count). The van der Waals surface area contributed by atoms with Crippen LogP contribution >= 0.6 is 11.6 Å². The summed E-state index contributed by atoms with van der Waals surface area (Å²) in [7, 11) is 12.5. The van der Waals surface area contributed by atoms with Crippen LogP contribution in [0.1, 0.15) is 39.9 Å². The van der Waals surface area contributed by atoms with E-state index < -0.39 is 17.5 Å². The molecule has 3 aliphatic heterocycles. The number of piperazine rings is 1. The molecule has 3 N–H and O–H groups in total. The number of nitrogens with one attached hydrogen (secondary N) is 1. The molecule has 4 heterocycles. The number of carbonyl (C=O) groups excluding carboxylic acids is 5. The second-order valence-corrected chi connectivity index (χ2v) is 17.6. The van der Waals surface area contributed by atoms with Crippen molar-refractivity contribution in [2.75, 3.05) is 120 Å². The molecule has 0 spiro atoms. The fourth-order valence-corrected chi connectivity index (χ4v) is 8.92. The number of rotatable bonds is 14. The van der Waals surface area contributed by atoms with Crippen molar-refractivity contribution in [1.29, 1.82) is 0 Å². The van der Waals surface area contributed by atoms with E-state index in [1.165, 1.54) is 76.6 Å². The fourth-order valence-electron chi connectivity index (χ4n) is 8.65. The highest BCUT2D eigenvalue weighted by molar-refractivity contribution is 6.34. The highest BCUT2D eigenvalue weighted by atomic mass is 35.5. The average Bonchev–Trinajstić information content (AvgIpc) is 3.85. The maximum atomic E-state index is 15.5. The predicted molar refractivity (Wildman–Crippen MR) is 243 cm³/mol. The lowest BCUT2D eigenvalue weighted by Gasteiger charge is -2.47. The number of ether oxygens (including phenoxy) is 3. The topological polar surface area (TPSA) is 188 Å². The first kappa shape index (κ1) is 51.9. The number of hydrogen-bond donors (Lipinski definition) is 2. The molecule has 3 amide bonds. The number of halogens is 3. The van der Waals surface area contributed by atoms with Gasteiger partial charge in [-0.1, -0.05) is 17.7 Å². The number of methoxy groups -OCH3 is 3. The molecule has 2 aromatic carbocycles. The number of carbonyl (C=O) groups is 5. The van der Waals surface area contributed by atoms with Crippen molar-refractivity contribution in [3.8, 4) is 11.3 Å². The standard InChI is InChI=1S/C41H52ClF2N9O4.2C2H4O2/c1-26(45)33(20-46-12-18-57-6)30-9-10-32(37(44)36(30)43)35-21-47-38(49(35)2)39(54)48-29-7-8-31(34(42)19-29)41(56)51-15-13-50(14-16-51)40(55)28-11-17-53(5,25-28)24-27-22-52(3,4)23-27;2*1-4-2-3/h7-10,19-21,27-28H,11-18,22-25H2,1-6H3,(H-2,45,46,48,54,56);2*2H,1H3/p+2. The molecule has 3 aromatic rings. The van der Waals surface area contributed by atoms with E-state index in [4.69, 9.17) is 31.7 Å². The van der Waals surface area contributed by atoms with Gasteiger partial charge in [-0.3, -0.25) is 29.0 Å². The van der Waals surface area contributed by atoms with Crippen molar-refractivity contribution in [3.63, 3.8) is 0 Å². The molecule has 0 saturated carbocycles. The van der Waals surface area contributed by atoms with Gasteiger partial charge in [-0.25, -0.2) is 13.8 Å². The monoisotopic (exact) mass is 929 g/mol. The molecule has 0 aliphatic carbocycles. The van der Waals surface area contributed by atoms with Gasteiger partial charge in [0.1, 0.15) is 5.92 Å². The molecule has 3 saturated heterocycles. The zero-order chi connectivity index (χ0) is 48.1. The zero-order valence-corrected chi connectivity index (χ0v) is 39.2. The van der Waals surface area contributed by atoms with E-state index in [0.29, 0.717) is 63.9 Å². The van der Waals surface area contributed by atoms with Gasteiger partial charge < -0.3 is 48.6 Å². The molecule has 354 valence electrons. The van der Waals surface area contributed by atoms with Crippen molar-refractivity contribution in [2.45, 2.75) is 13.3 Å².